The molecule has 5 nitrogen and oxygen atoms in total. The molecule has 0 N–H and O–H groups in total. The molecule has 0 aliphatic heterocycles. The lowest BCUT2D eigenvalue weighted by Crippen LogP contribution is -2.41. The van der Waals surface area contributed by atoms with Crippen LogP contribution < -0.4 is 0 Å². The smallest absolute Gasteiger partial charge is 0.419 e. The number of carbonyl (C=O) groups is 1. The number of thioether (sulfide) groups is 1. The van der Waals surface area contributed by atoms with Gasteiger partial charge >= 0.3 is 6.09 Å². The Labute approximate surface area is 199 Å². The van der Waals surface area contributed by atoms with Gasteiger partial charge in [0, 0.05) is 33.7 Å². The molecule has 31 heavy (non-hydrogen) atoms. The van der Waals surface area contributed by atoms with Crippen LogP contribution in [0.3, 0.4) is 0 Å². The highest BCUT2D eigenvalue weighted by Crippen LogP contribution is 2.36. The Bertz CT molecular complexity index is 997. The van der Waals surface area contributed by atoms with Crippen LogP contribution in [0.2, 0.25) is 18.1 Å². The molecule has 170 valence electrons. The van der Waals surface area contributed by atoms with Crippen LogP contribution in [-0.4, -0.2) is 36.9 Å². The van der Waals surface area contributed by atoms with E-state index in [-0.39, 0.29) is 5.04 Å². The van der Waals surface area contributed by atoms with Crippen molar-refractivity contribution in [3.63, 3.8) is 0 Å². The molecule has 0 atom stereocenters. The molecule has 0 saturated carbocycles. The summed E-state index contributed by atoms with van der Waals surface area (Å²) in [4.78, 5) is 13.0. The number of rotatable bonds is 6. The van der Waals surface area contributed by atoms with Gasteiger partial charge in [-0.15, -0.1) is 0 Å². The fourth-order valence-corrected chi connectivity index (χ4v) is 5.26. The Hall–Kier alpha value is -1.27. The number of fused-ring (bicyclic) bond motifs is 1. The Morgan fingerprint density at radius 2 is 1.84 bits per heavy atom. The van der Waals surface area contributed by atoms with Gasteiger partial charge in [-0.1, -0.05) is 36.7 Å². The SMILES string of the molecule is CC(C)(C)OC(=O)n1c(CSCCO[Si](C)(C)C(C)(C)C)cc2cc(Br)cc(C#N)c21. The lowest BCUT2D eigenvalue weighted by Gasteiger charge is -2.36. The molecule has 0 unspecified atom stereocenters. The number of benzene rings is 1. The van der Waals surface area contributed by atoms with Gasteiger partial charge in [-0.2, -0.15) is 17.0 Å². The third kappa shape index (κ3) is 6.61. The minimum Gasteiger partial charge on any atom is -0.443 e. The van der Waals surface area contributed by atoms with Crippen molar-refractivity contribution in [1.29, 1.82) is 5.26 Å². The van der Waals surface area contributed by atoms with E-state index >= 15 is 0 Å². The number of halogens is 1. The molecule has 2 rings (SSSR count). The first-order valence-corrected chi connectivity index (χ1v) is 15.2. The average Bonchev–Trinajstić information content (AvgIpc) is 2.96. The van der Waals surface area contributed by atoms with E-state index in [1.165, 1.54) is 0 Å². The zero-order chi connectivity index (χ0) is 23.6. The van der Waals surface area contributed by atoms with Crippen molar-refractivity contribution in [2.75, 3.05) is 12.4 Å². The van der Waals surface area contributed by atoms with Crippen molar-refractivity contribution in [2.45, 2.75) is 71.0 Å². The molecule has 1 aromatic heterocycles. The molecule has 0 aliphatic carbocycles. The monoisotopic (exact) mass is 524 g/mol. The van der Waals surface area contributed by atoms with Gasteiger partial charge in [-0.25, -0.2) is 9.36 Å². The molecule has 0 amide bonds. The highest BCUT2D eigenvalue weighted by molar-refractivity contribution is 9.10. The van der Waals surface area contributed by atoms with Crippen molar-refractivity contribution in [3.05, 3.63) is 33.9 Å². The molecular weight excluding hydrogens is 492 g/mol. The maximum atomic E-state index is 13.0. The van der Waals surface area contributed by atoms with E-state index in [1.54, 1.807) is 22.4 Å². The van der Waals surface area contributed by atoms with Gasteiger partial charge in [0.15, 0.2) is 8.32 Å². The summed E-state index contributed by atoms with van der Waals surface area (Å²) < 4.78 is 14.3. The van der Waals surface area contributed by atoms with Crippen LogP contribution in [0.15, 0.2) is 22.7 Å². The molecule has 8 heteroatoms. The van der Waals surface area contributed by atoms with E-state index in [2.05, 4.69) is 55.9 Å². The Balaban J connectivity index is 2.26. The second-order valence-electron chi connectivity index (χ2n) is 10.1. The first-order valence-electron chi connectivity index (χ1n) is 10.4. The van der Waals surface area contributed by atoms with E-state index < -0.39 is 20.0 Å². The zero-order valence-electron chi connectivity index (χ0n) is 19.8. The second-order valence-corrected chi connectivity index (χ2v) is 16.9. The molecule has 0 fully saturated rings. The molecule has 0 saturated heterocycles. The maximum absolute atomic E-state index is 13.0. The van der Waals surface area contributed by atoms with Crippen molar-refractivity contribution < 1.29 is 14.0 Å². The summed E-state index contributed by atoms with van der Waals surface area (Å²) >= 11 is 5.17. The first-order chi connectivity index (χ1) is 14.2. The van der Waals surface area contributed by atoms with Crippen LogP contribution in [0.5, 0.6) is 0 Å². The number of nitrogens with zero attached hydrogens (tertiary/aromatic N) is 2. The van der Waals surface area contributed by atoms with Crippen LogP contribution in [0.25, 0.3) is 10.9 Å². The summed E-state index contributed by atoms with van der Waals surface area (Å²) in [5, 5.41) is 10.7. The van der Waals surface area contributed by atoms with Gasteiger partial charge in [-0.05, 0) is 57.1 Å². The summed E-state index contributed by atoms with van der Waals surface area (Å²) in [6, 6.07) is 7.83. The minimum absolute atomic E-state index is 0.182. The van der Waals surface area contributed by atoms with Gasteiger partial charge < -0.3 is 9.16 Å². The third-order valence-electron chi connectivity index (χ3n) is 5.38. The number of hydrogen-bond donors (Lipinski definition) is 0. The van der Waals surface area contributed by atoms with Crippen molar-refractivity contribution in [1.82, 2.24) is 4.57 Å². The number of hydrogen-bond acceptors (Lipinski definition) is 5. The van der Waals surface area contributed by atoms with Crippen molar-refractivity contribution >= 4 is 53.0 Å². The zero-order valence-corrected chi connectivity index (χ0v) is 23.2. The summed E-state index contributed by atoms with van der Waals surface area (Å²) in [6.07, 6.45) is -0.463. The van der Waals surface area contributed by atoms with Gasteiger partial charge in [0.2, 0.25) is 0 Å². The quantitative estimate of drug-likeness (QED) is 0.292. The summed E-state index contributed by atoms with van der Waals surface area (Å²) in [6.45, 7) is 17.4. The summed E-state index contributed by atoms with van der Waals surface area (Å²) in [5.74, 6) is 1.45. The number of carbonyl (C=O) groups excluding carboxylic acids is 1. The standard InChI is InChI=1S/C23H33BrN2O3SSi/c1-22(2,3)29-21(27)26-19(13-16-11-18(24)12-17(14-25)20(16)26)15-30-10-9-28-31(7,8)23(4,5)6/h11-13H,9-10,15H2,1-8H3. The average molecular weight is 526 g/mol. The Morgan fingerprint density at radius 1 is 1.19 bits per heavy atom. The Kier molecular flexibility index (Phi) is 8.13. The highest BCUT2D eigenvalue weighted by atomic mass is 79.9. The second kappa shape index (κ2) is 9.70. The van der Waals surface area contributed by atoms with Crippen LogP contribution in [0, 0.1) is 11.3 Å². The Morgan fingerprint density at radius 3 is 2.39 bits per heavy atom. The molecule has 2 aromatic rings. The van der Waals surface area contributed by atoms with Crippen LogP contribution in [-0.2, 0) is 14.9 Å². The largest absolute Gasteiger partial charge is 0.443 e. The highest BCUT2D eigenvalue weighted by Gasteiger charge is 2.36. The normalized spacial score (nSPS) is 12.8. The van der Waals surface area contributed by atoms with E-state index in [4.69, 9.17) is 9.16 Å². The molecule has 0 spiro atoms. The van der Waals surface area contributed by atoms with Crippen molar-refractivity contribution in [2.24, 2.45) is 0 Å². The van der Waals surface area contributed by atoms with Crippen LogP contribution >= 0.6 is 27.7 Å². The molecule has 0 radical (unpaired) electrons. The molecule has 0 bridgehead atoms. The van der Waals surface area contributed by atoms with Crippen molar-refractivity contribution in [3.8, 4) is 6.07 Å². The van der Waals surface area contributed by atoms with Crippen LogP contribution in [0.1, 0.15) is 52.8 Å². The fraction of sp³-hybridized carbons (Fsp3) is 0.565. The molecule has 0 aliphatic rings. The predicted molar refractivity (Wildman–Crippen MR) is 135 cm³/mol. The van der Waals surface area contributed by atoms with Gasteiger partial charge in [0.1, 0.15) is 11.7 Å². The predicted octanol–water partition coefficient (Wildman–Crippen LogP) is 7.31. The number of aromatic nitrogens is 1. The van der Waals surface area contributed by atoms with Gasteiger partial charge in [0.25, 0.3) is 0 Å². The summed E-state index contributed by atoms with van der Waals surface area (Å²) in [5.41, 5.74) is 1.22. The maximum Gasteiger partial charge on any atom is 0.419 e. The minimum atomic E-state index is -1.77. The van der Waals surface area contributed by atoms with Gasteiger partial charge in [0.05, 0.1) is 11.1 Å². The van der Waals surface area contributed by atoms with E-state index in [0.29, 0.717) is 23.4 Å². The molecular formula is C23H33BrN2O3SSi. The number of nitriles is 1. The van der Waals surface area contributed by atoms with E-state index in [1.807, 2.05) is 32.9 Å². The third-order valence-corrected chi connectivity index (χ3v) is 11.3. The fourth-order valence-electron chi connectivity index (χ4n) is 2.82. The molecule has 1 heterocycles. The lowest BCUT2D eigenvalue weighted by molar-refractivity contribution is 0.0541. The molecule has 1 aromatic carbocycles. The van der Waals surface area contributed by atoms with Gasteiger partial charge in [-0.3, -0.25) is 0 Å². The summed E-state index contributed by atoms with van der Waals surface area (Å²) in [7, 11) is -1.77. The first kappa shape index (κ1) is 26.0. The van der Waals surface area contributed by atoms with E-state index in [0.717, 1.165) is 21.3 Å². The van der Waals surface area contributed by atoms with E-state index in [9.17, 15) is 10.1 Å². The lowest BCUT2D eigenvalue weighted by atomic mass is 10.1. The topological polar surface area (TPSA) is 64.2 Å². The van der Waals surface area contributed by atoms with Crippen LogP contribution in [0.4, 0.5) is 4.79 Å². The number of ether oxygens (including phenoxy) is 1.